The molecule has 0 atom stereocenters. The molecule has 1 aromatic heterocycles. The molecule has 2 aromatic rings. The summed E-state index contributed by atoms with van der Waals surface area (Å²) in [4.78, 5) is 12.3. The number of benzene rings is 1. The van der Waals surface area contributed by atoms with Crippen molar-refractivity contribution in [1.29, 1.82) is 0 Å². The fourth-order valence-corrected chi connectivity index (χ4v) is 1.66. The van der Waals surface area contributed by atoms with Crippen LogP contribution in [0.25, 0.3) is 11.3 Å². The molecule has 0 saturated carbocycles. The lowest BCUT2D eigenvalue weighted by Crippen LogP contribution is -1.95. The number of nitrogens with zero attached hydrogens (tertiary/aromatic N) is 3. The van der Waals surface area contributed by atoms with Crippen LogP contribution in [0.3, 0.4) is 0 Å². The first-order valence-electron chi connectivity index (χ1n) is 5.28. The van der Waals surface area contributed by atoms with E-state index in [0.29, 0.717) is 11.4 Å². The van der Waals surface area contributed by atoms with Crippen LogP contribution in [0.15, 0.2) is 29.5 Å². The van der Waals surface area contributed by atoms with E-state index < -0.39 is 0 Å². The van der Waals surface area contributed by atoms with Crippen LogP contribution in [-0.2, 0) is 0 Å². The van der Waals surface area contributed by atoms with Gasteiger partial charge in [0.25, 0.3) is 0 Å². The van der Waals surface area contributed by atoms with Gasteiger partial charge in [-0.2, -0.15) is 0 Å². The predicted molar refractivity (Wildman–Crippen MR) is 70.6 cm³/mol. The van der Waals surface area contributed by atoms with Gasteiger partial charge in [-0.1, -0.05) is 6.07 Å². The fraction of sp³-hybridized carbons (Fsp3) is 0.154. The molecule has 1 heterocycles. The van der Waals surface area contributed by atoms with Crippen LogP contribution in [0.2, 0.25) is 0 Å². The van der Waals surface area contributed by atoms with Crippen molar-refractivity contribution in [2.24, 2.45) is 4.99 Å². The summed E-state index contributed by atoms with van der Waals surface area (Å²) in [7, 11) is 0. The highest BCUT2D eigenvalue weighted by Crippen LogP contribution is 2.29. The molecule has 1 aromatic carbocycles. The highest BCUT2D eigenvalue weighted by molar-refractivity contribution is 5.75. The van der Waals surface area contributed by atoms with Gasteiger partial charge in [-0.15, -0.1) is 0 Å². The van der Waals surface area contributed by atoms with Gasteiger partial charge in [0.1, 0.15) is 6.33 Å². The second-order valence-electron chi connectivity index (χ2n) is 3.86. The van der Waals surface area contributed by atoms with Crippen LogP contribution in [0.5, 0.6) is 0 Å². The first-order valence-corrected chi connectivity index (χ1v) is 5.28. The Bertz CT molecular complexity index is 576. The summed E-state index contributed by atoms with van der Waals surface area (Å²) >= 11 is 0. The Hall–Kier alpha value is -2.23. The molecule has 0 bridgehead atoms. The van der Waals surface area contributed by atoms with Crippen LogP contribution >= 0.6 is 0 Å². The molecule has 0 aliphatic rings. The Labute approximate surface area is 100 Å². The SMILES string of the molecule is C=Nc1cc(-c2ncnc(C)c2C)ccc1N. The van der Waals surface area contributed by atoms with Gasteiger partial charge in [-0.25, -0.2) is 9.97 Å². The molecule has 2 rings (SSSR count). The minimum Gasteiger partial charge on any atom is -0.397 e. The number of anilines is 1. The van der Waals surface area contributed by atoms with Crippen LogP contribution in [0.1, 0.15) is 11.3 Å². The second kappa shape index (κ2) is 4.33. The largest absolute Gasteiger partial charge is 0.397 e. The van der Waals surface area contributed by atoms with Crippen molar-refractivity contribution in [3.8, 4) is 11.3 Å². The Kier molecular flexibility index (Phi) is 2.87. The maximum Gasteiger partial charge on any atom is 0.116 e. The lowest BCUT2D eigenvalue weighted by molar-refractivity contribution is 1.07. The van der Waals surface area contributed by atoms with Crippen molar-refractivity contribution >= 4 is 18.1 Å². The van der Waals surface area contributed by atoms with E-state index in [0.717, 1.165) is 22.5 Å². The number of hydrogen-bond acceptors (Lipinski definition) is 4. The van der Waals surface area contributed by atoms with Crippen molar-refractivity contribution < 1.29 is 0 Å². The zero-order valence-electron chi connectivity index (χ0n) is 9.94. The standard InChI is InChI=1S/C13H14N4/c1-8-9(2)16-7-17-13(8)10-4-5-11(14)12(6-10)15-3/h4-7H,3,14H2,1-2H3. The minimum atomic E-state index is 0.618. The first kappa shape index (κ1) is 11.3. The van der Waals surface area contributed by atoms with Crippen molar-refractivity contribution in [2.45, 2.75) is 13.8 Å². The molecule has 0 spiro atoms. The zero-order chi connectivity index (χ0) is 12.4. The average molecular weight is 226 g/mol. The Morgan fingerprint density at radius 2 is 2.00 bits per heavy atom. The summed E-state index contributed by atoms with van der Waals surface area (Å²) in [6.07, 6.45) is 1.56. The van der Waals surface area contributed by atoms with Crippen LogP contribution in [0, 0.1) is 13.8 Å². The molecule has 2 N–H and O–H groups in total. The molecule has 0 aliphatic heterocycles. The molecule has 0 saturated heterocycles. The van der Waals surface area contributed by atoms with Gasteiger partial charge in [0.15, 0.2) is 0 Å². The summed E-state index contributed by atoms with van der Waals surface area (Å²) < 4.78 is 0. The maximum atomic E-state index is 5.78. The van der Waals surface area contributed by atoms with Crippen LogP contribution < -0.4 is 5.73 Å². The molecular weight excluding hydrogens is 212 g/mol. The molecule has 4 nitrogen and oxygen atoms in total. The molecular formula is C13H14N4. The summed E-state index contributed by atoms with van der Waals surface area (Å²) in [6, 6.07) is 5.63. The number of aryl methyl sites for hydroxylation is 1. The first-order chi connectivity index (χ1) is 8.13. The fourth-order valence-electron chi connectivity index (χ4n) is 1.66. The Balaban J connectivity index is 2.61. The Morgan fingerprint density at radius 1 is 1.24 bits per heavy atom. The second-order valence-corrected chi connectivity index (χ2v) is 3.86. The van der Waals surface area contributed by atoms with Gasteiger partial charge in [0, 0.05) is 11.3 Å². The van der Waals surface area contributed by atoms with E-state index in [1.54, 1.807) is 6.33 Å². The van der Waals surface area contributed by atoms with Crippen molar-refractivity contribution in [2.75, 3.05) is 5.73 Å². The van der Waals surface area contributed by atoms with Crippen molar-refractivity contribution in [3.63, 3.8) is 0 Å². The molecule has 0 radical (unpaired) electrons. The molecule has 0 unspecified atom stereocenters. The number of hydrogen-bond donors (Lipinski definition) is 1. The third-order valence-corrected chi connectivity index (χ3v) is 2.81. The average Bonchev–Trinajstić information content (AvgIpc) is 2.34. The summed E-state index contributed by atoms with van der Waals surface area (Å²) in [6.45, 7) is 7.47. The molecule has 17 heavy (non-hydrogen) atoms. The highest BCUT2D eigenvalue weighted by atomic mass is 14.8. The van der Waals surface area contributed by atoms with Gasteiger partial charge in [0.05, 0.1) is 17.1 Å². The predicted octanol–water partition coefficient (Wildman–Crippen LogP) is 2.67. The number of aromatic nitrogens is 2. The molecule has 0 amide bonds. The van der Waals surface area contributed by atoms with Crippen LogP contribution in [-0.4, -0.2) is 16.7 Å². The number of aliphatic imine (C=N–C) groups is 1. The van der Waals surface area contributed by atoms with Gasteiger partial charge in [-0.3, -0.25) is 4.99 Å². The molecule has 4 heteroatoms. The third kappa shape index (κ3) is 2.01. The van der Waals surface area contributed by atoms with Crippen molar-refractivity contribution in [1.82, 2.24) is 9.97 Å². The van der Waals surface area contributed by atoms with Gasteiger partial charge >= 0.3 is 0 Å². The van der Waals surface area contributed by atoms with Crippen molar-refractivity contribution in [3.05, 3.63) is 35.8 Å². The van der Waals surface area contributed by atoms with Crippen LogP contribution in [0.4, 0.5) is 11.4 Å². The van der Waals surface area contributed by atoms with E-state index in [1.165, 1.54) is 0 Å². The number of rotatable bonds is 2. The number of nitrogens with two attached hydrogens (primary N) is 1. The number of nitrogen functional groups attached to an aromatic ring is 1. The molecule has 86 valence electrons. The summed E-state index contributed by atoms with van der Waals surface area (Å²) in [5.74, 6) is 0. The van der Waals surface area contributed by atoms with Gasteiger partial charge in [0.2, 0.25) is 0 Å². The summed E-state index contributed by atoms with van der Waals surface area (Å²) in [5, 5.41) is 0. The zero-order valence-corrected chi connectivity index (χ0v) is 9.94. The van der Waals surface area contributed by atoms with E-state index >= 15 is 0 Å². The van der Waals surface area contributed by atoms with E-state index in [2.05, 4.69) is 21.7 Å². The molecule has 0 fully saturated rings. The highest BCUT2D eigenvalue weighted by Gasteiger charge is 2.08. The quantitative estimate of drug-likeness (QED) is 0.632. The van der Waals surface area contributed by atoms with Gasteiger partial charge < -0.3 is 5.73 Å². The van der Waals surface area contributed by atoms with E-state index in [1.807, 2.05) is 32.0 Å². The lowest BCUT2D eigenvalue weighted by atomic mass is 10.0. The van der Waals surface area contributed by atoms with Gasteiger partial charge in [-0.05, 0) is 38.3 Å². The molecule has 0 aliphatic carbocycles. The maximum absolute atomic E-state index is 5.78. The monoisotopic (exact) mass is 226 g/mol. The topological polar surface area (TPSA) is 64.2 Å². The minimum absolute atomic E-state index is 0.618. The summed E-state index contributed by atoms with van der Waals surface area (Å²) in [5.41, 5.74) is 11.0. The third-order valence-electron chi connectivity index (χ3n) is 2.81. The van der Waals surface area contributed by atoms with E-state index in [9.17, 15) is 0 Å². The van der Waals surface area contributed by atoms with E-state index in [-0.39, 0.29) is 0 Å². The normalized spacial score (nSPS) is 10.2. The smallest absolute Gasteiger partial charge is 0.116 e. The lowest BCUT2D eigenvalue weighted by Gasteiger charge is -2.08. The Morgan fingerprint density at radius 3 is 2.71 bits per heavy atom. The van der Waals surface area contributed by atoms with E-state index in [4.69, 9.17) is 5.73 Å².